The molecule has 4 aliphatic heterocycles. The van der Waals surface area contributed by atoms with Crippen molar-refractivity contribution in [3.63, 3.8) is 0 Å². The zero-order valence-electron chi connectivity index (χ0n) is 17.7. The van der Waals surface area contributed by atoms with Crippen molar-refractivity contribution in [3.8, 4) is 0 Å². The van der Waals surface area contributed by atoms with E-state index in [9.17, 15) is 19.8 Å². The summed E-state index contributed by atoms with van der Waals surface area (Å²) >= 11 is 1.59. The molecule has 5 rings (SSSR count). The van der Waals surface area contributed by atoms with Gasteiger partial charge in [0.25, 0.3) is 0 Å². The highest BCUT2D eigenvalue weighted by Gasteiger charge is 2.60. The molecule has 7 nitrogen and oxygen atoms in total. The largest absolute Gasteiger partial charge is 0.477 e. The molecule has 1 unspecified atom stereocenters. The topological polar surface area (TPSA) is 102 Å². The number of aliphatic hydroxyl groups excluding tert-OH is 1. The molecule has 0 saturated carbocycles. The van der Waals surface area contributed by atoms with Crippen LogP contribution < -0.4 is 10.6 Å². The lowest BCUT2D eigenvalue weighted by molar-refractivity contribution is -0.163. The standard InChI is InChI=1S/C23H29N3O4S/c1-11-19-18(12(2)27)22(28)26(19)20(23(29)30)21(11)31-15-9-17(25-10-15)14-5-3-13(4-6-14)16-7-8-24-16/h3-6,11-12,15-19,24-25,27H,7-10H2,1-2H3,(H,29,30)/t11-,12-,15+,16?,17-,18-,19-/m1/s1. The van der Waals surface area contributed by atoms with E-state index in [1.54, 1.807) is 18.7 Å². The maximum absolute atomic E-state index is 12.5. The fraction of sp³-hybridized carbons (Fsp3) is 0.565. The van der Waals surface area contributed by atoms with E-state index in [1.807, 2.05) is 6.92 Å². The summed E-state index contributed by atoms with van der Waals surface area (Å²) in [5.41, 5.74) is 2.70. The molecule has 8 heteroatoms. The fourth-order valence-electron chi connectivity index (χ4n) is 5.44. The van der Waals surface area contributed by atoms with Gasteiger partial charge < -0.3 is 25.7 Å². The molecule has 0 aliphatic carbocycles. The highest BCUT2D eigenvalue weighted by Crippen LogP contribution is 2.52. The van der Waals surface area contributed by atoms with Gasteiger partial charge >= 0.3 is 5.97 Å². The quantitative estimate of drug-likeness (QED) is 0.499. The van der Waals surface area contributed by atoms with Crippen LogP contribution in [0.2, 0.25) is 0 Å². The Bertz CT molecular complexity index is 927. The van der Waals surface area contributed by atoms with E-state index < -0.39 is 18.0 Å². The third kappa shape index (κ3) is 3.40. The average molecular weight is 444 g/mol. The predicted molar refractivity (Wildman–Crippen MR) is 118 cm³/mol. The first-order valence-electron chi connectivity index (χ1n) is 11.1. The third-order valence-electron chi connectivity index (χ3n) is 7.26. The second-order valence-corrected chi connectivity index (χ2v) is 10.5. The number of aliphatic hydroxyl groups is 1. The molecule has 1 amide bonds. The number of hydrogen-bond acceptors (Lipinski definition) is 6. The lowest BCUT2D eigenvalue weighted by atomic mass is 9.79. The van der Waals surface area contributed by atoms with Gasteiger partial charge in [0.05, 0.1) is 18.1 Å². The fourth-order valence-corrected chi connectivity index (χ4v) is 6.92. The van der Waals surface area contributed by atoms with Crippen molar-refractivity contribution >= 4 is 23.6 Å². The molecule has 31 heavy (non-hydrogen) atoms. The van der Waals surface area contributed by atoms with Crippen molar-refractivity contribution < 1.29 is 19.8 Å². The van der Waals surface area contributed by atoms with Gasteiger partial charge in [-0.15, -0.1) is 11.8 Å². The number of nitrogens with one attached hydrogen (secondary N) is 2. The molecule has 1 aromatic rings. The SMILES string of the molecule is C[C@@H](O)[C@H]1C(=O)N2C(C(=O)O)=C(S[C@@H]3CN[C@@H](c4ccc(C5CCN5)cc4)C3)[C@H](C)[C@H]12. The van der Waals surface area contributed by atoms with Gasteiger partial charge in [-0.05, 0) is 37.4 Å². The molecular weight excluding hydrogens is 414 g/mol. The molecule has 1 aromatic carbocycles. The molecule has 0 bridgehead atoms. The number of thioether (sulfide) groups is 1. The highest BCUT2D eigenvalue weighted by atomic mass is 32.2. The van der Waals surface area contributed by atoms with Crippen LogP contribution >= 0.6 is 11.8 Å². The Morgan fingerprint density at radius 3 is 2.39 bits per heavy atom. The molecule has 3 saturated heterocycles. The number of carboxylic acids is 1. The molecule has 3 fully saturated rings. The van der Waals surface area contributed by atoms with Crippen LogP contribution in [0.15, 0.2) is 34.9 Å². The summed E-state index contributed by atoms with van der Waals surface area (Å²) in [7, 11) is 0. The lowest BCUT2D eigenvalue weighted by Crippen LogP contribution is -2.63. The Morgan fingerprint density at radius 2 is 1.84 bits per heavy atom. The van der Waals surface area contributed by atoms with Gasteiger partial charge in [-0.2, -0.15) is 0 Å². The Kier molecular flexibility index (Phi) is 5.37. The third-order valence-corrected chi connectivity index (χ3v) is 8.77. The number of nitrogens with zero attached hydrogens (tertiary/aromatic N) is 1. The minimum atomic E-state index is -1.06. The second kappa shape index (κ2) is 7.92. The van der Waals surface area contributed by atoms with Crippen LogP contribution in [-0.2, 0) is 9.59 Å². The summed E-state index contributed by atoms with van der Waals surface area (Å²) in [6.45, 7) is 5.47. The van der Waals surface area contributed by atoms with Crippen molar-refractivity contribution in [2.24, 2.45) is 11.8 Å². The summed E-state index contributed by atoms with van der Waals surface area (Å²) in [5.74, 6) is -1.93. The number of β-lactam (4-membered cyclic amide) rings is 1. The monoisotopic (exact) mass is 443 g/mol. The molecular formula is C23H29N3O4S. The zero-order valence-corrected chi connectivity index (χ0v) is 18.6. The number of fused-ring (bicyclic) bond motifs is 1. The lowest BCUT2D eigenvalue weighted by Gasteiger charge is -2.46. The van der Waals surface area contributed by atoms with Gasteiger partial charge in [-0.3, -0.25) is 4.79 Å². The van der Waals surface area contributed by atoms with E-state index in [0.717, 1.165) is 24.4 Å². The summed E-state index contributed by atoms with van der Waals surface area (Å²) in [6.07, 6.45) is 1.33. The van der Waals surface area contributed by atoms with Crippen LogP contribution in [0, 0.1) is 11.8 Å². The normalized spacial score (nSPS) is 35.6. The van der Waals surface area contributed by atoms with E-state index in [2.05, 4.69) is 34.9 Å². The minimum Gasteiger partial charge on any atom is -0.477 e. The van der Waals surface area contributed by atoms with E-state index >= 15 is 0 Å². The number of rotatable bonds is 6. The van der Waals surface area contributed by atoms with Crippen molar-refractivity contribution in [2.45, 2.75) is 56.2 Å². The van der Waals surface area contributed by atoms with Crippen LogP contribution in [0.1, 0.15) is 49.9 Å². The Labute approximate surface area is 186 Å². The van der Waals surface area contributed by atoms with Gasteiger partial charge in [-0.25, -0.2) is 4.79 Å². The Balaban J connectivity index is 1.29. The molecule has 4 aliphatic rings. The van der Waals surface area contributed by atoms with E-state index in [1.165, 1.54) is 22.4 Å². The van der Waals surface area contributed by atoms with Gasteiger partial charge in [0.1, 0.15) is 5.70 Å². The number of carbonyl (C=O) groups excluding carboxylic acids is 1. The molecule has 0 spiro atoms. The van der Waals surface area contributed by atoms with E-state index in [0.29, 0.717) is 6.04 Å². The van der Waals surface area contributed by atoms with Crippen LogP contribution in [0.4, 0.5) is 0 Å². The summed E-state index contributed by atoms with van der Waals surface area (Å²) in [5, 5.41) is 27.1. The van der Waals surface area contributed by atoms with Crippen LogP contribution in [0.5, 0.6) is 0 Å². The summed E-state index contributed by atoms with van der Waals surface area (Å²) in [6, 6.07) is 9.26. The maximum Gasteiger partial charge on any atom is 0.353 e. The first-order chi connectivity index (χ1) is 14.9. The van der Waals surface area contributed by atoms with Crippen LogP contribution in [0.3, 0.4) is 0 Å². The van der Waals surface area contributed by atoms with Crippen LogP contribution in [-0.4, -0.2) is 57.5 Å². The van der Waals surface area contributed by atoms with E-state index in [-0.39, 0.29) is 34.9 Å². The summed E-state index contributed by atoms with van der Waals surface area (Å²) in [4.78, 5) is 26.7. The van der Waals surface area contributed by atoms with Gasteiger partial charge in [0.15, 0.2) is 0 Å². The van der Waals surface area contributed by atoms with Crippen molar-refractivity contribution in [2.75, 3.05) is 13.1 Å². The number of benzene rings is 1. The number of amides is 1. The number of carboxylic acid groups (broad SMARTS) is 1. The minimum absolute atomic E-state index is 0.0817. The number of carbonyl (C=O) groups is 2. The van der Waals surface area contributed by atoms with Crippen molar-refractivity contribution in [1.29, 1.82) is 0 Å². The van der Waals surface area contributed by atoms with Gasteiger partial charge in [-0.1, -0.05) is 31.2 Å². The molecule has 0 aromatic heterocycles. The van der Waals surface area contributed by atoms with Gasteiger partial charge in [0.2, 0.25) is 5.91 Å². The number of aliphatic carboxylic acids is 1. The van der Waals surface area contributed by atoms with Crippen molar-refractivity contribution in [3.05, 3.63) is 46.0 Å². The molecule has 7 atom stereocenters. The molecule has 166 valence electrons. The second-order valence-electron chi connectivity index (χ2n) is 9.17. The van der Waals surface area contributed by atoms with Crippen molar-refractivity contribution in [1.82, 2.24) is 15.5 Å². The molecule has 4 N–H and O–H groups in total. The Morgan fingerprint density at radius 1 is 1.19 bits per heavy atom. The predicted octanol–water partition coefficient (Wildman–Crippen LogP) is 2.01. The molecule has 4 heterocycles. The first-order valence-corrected chi connectivity index (χ1v) is 12.0. The van der Waals surface area contributed by atoms with E-state index in [4.69, 9.17) is 0 Å². The average Bonchev–Trinajstić information content (AvgIpc) is 3.23. The van der Waals surface area contributed by atoms with Crippen LogP contribution in [0.25, 0.3) is 0 Å². The maximum atomic E-state index is 12.5. The number of hydrogen-bond donors (Lipinski definition) is 4. The summed E-state index contributed by atoms with van der Waals surface area (Å²) < 4.78 is 0. The molecule has 0 radical (unpaired) electrons. The zero-order chi connectivity index (χ0) is 21.9. The Hall–Kier alpha value is -1.87. The van der Waals surface area contributed by atoms with Gasteiger partial charge in [0, 0.05) is 34.7 Å². The smallest absolute Gasteiger partial charge is 0.353 e. The first kappa shape index (κ1) is 21.0. The highest BCUT2D eigenvalue weighted by molar-refractivity contribution is 8.03.